The van der Waals surface area contributed by atoms with Crippen LogP contribution in [0.1, 0.15) is 47.1 Å². The molecule has 4 heteroatoms. The van der Waals surface area contributed by atoms with E-state index in [1.165, 1.54) is 0 Å². The molecule has 0 aliphatic heterocycles. The second-order valence-electron chi connectivity index (χ2n) is 7.17. The molecular weight excluding hydrogens is 287 g/mol. The summed E-state index contributed by atoms with van der Waals surface area (Å²) in [6.07, 6.45) is 0. The number of carbonyl (C=O) groups is 1. The first-order valence-electron chi connectivity index (χ1n) is 7.17. The van der Waals surface area contributed by atoms with E-state index in [-0.39, 0.29) is 12.4 Å². The van der Waals surface area contributed by atoms with Crippen molar-refractivity contribution in [3.63, 3.8) is 0 Å². The van der Waals surface area contributed by atoms with Gasteiger partial charge >= 0.3 is 5.97 Å². The Labute approximate surface area is 129 Å². The summed E-state index contributed by atoms with van der Waals surface area (Å²) in [5, 5.41) is 0. The number of ether oxygens (including phenoxy) is 1. The minimum absolute atomic E-state index is 0.146. The van der Waals surface area contributed by atoms with E-state index in [1.54, 1.807) is 0 Å². The molecule has 0 radical (unpaired) electrons. The van der Waals surface area contributed by atoms with Crippen molar-refractivity contribution in [2.24, 2.45) is 0 Å². The largest absolute Gasteiger partial charge is 0.460 e. The molecule has 0 bridgehead atoms. The van der Waals surface area contributed by atoms with Crippen molar-refractivity contribution in [1.82, 2.24) is 0 Å². The van der Waals surface area contributed by atoms with E-state index in [9.17, 15) is 4.79 Å². The molecule has 0 amide bonds. The number of esters is 1. The molecule has 1 aromatic rings. The van der Waals surface area contributed by atoms with Gasteiger partial charge in [-0.25, -0.2) is 0 Å². The van der Waals surface area contributed by atoms with Crippen LogP contribution in [-0.2, 0) is 16.1 Å². The minimum Gasteiger partial charge on any atom is -0.460 e. The second-order valence-corrected chi connectivity index (χ2v) is 11.2. The zero-order valence-corrected chi connectivity index (χ0v) is 14.7. The monoisotopic (exact) mass is 314 g/mol. The lowest BCUT2D eigenvalue weighted by atomic mass is 10.2. The molecule has 1 aromatic carbocycles. The predicted molar refractivity (Wildman–Crippen MR) is 89.3 cm³/mol. The topological polar surface area (TPSA) is 26.3 Å². The zero-order valence-electron chi connectivity index (χ0n) is 13.9. The molecule has 0 aromatic heterocycles. The second kappa shape index (κ2) is 6.39. The van der Waals surface area contributed by atoms with Gasteiger partial charge in [-0.15, -0.1) is 0 Å². The van der Waals surface area contributed by atoms with E-state index in [1.807, 2.05) is 71.9 Å². The van der Waals surface area contributed by atoms with Crippen molar-refractivity contribution in [3.05, 3.63) is 35.9 Å². The SMILES string of the molecule is CC(C)(C)S(F)(CC(=O)OCc1ccccc1)C(C)(C)C. The van der Waals surface area contributed by atoms with Gasteiger partial charge in [-0.1, -0.05) is 82.3 Å². The van der Waals surface area contributed by atoms with Gasteiger partial charge in [0, 0.05) is 9.49 Å². The number of carbonyl (C=O) groups excluding carboxylic acids is 1. The van der Waals surface area contributed by atoms with Crippen LogP contribution in [0.4, 0.5) is 3.89 Å². The molecule has 1 rings (SSSR count). The molecule has 0 aliphatic rings. The first-order chi connectivity index (χ1) is 9.47. The lowest BCUT2D eigenvalue weighted by Crippen LogP contribution is -2.39. The van der Waals surface area contributed by atoms with Gasteiger partial charge in [-0.05, 0) is 5.56 Å². The van der Waals surface area contributed by atoms with Crippen LogP contribution >= 0.6 is 10.4 Å². The molecule has 0 N–H and O–H groups in total. The molecule has 0 spiro atoms. The fourth-order valence-electron chi connectivity index (χ4n) is 2.29. The van der Waals surface area contributed by atoms with Crippen molar-refractivity contribution in [2.75, 3.05) is 5.75 Å². The van der Waals surface area contributed by atoms with E-state index in [2.05, 4.69) is 0 Å². The van der Waals surface area contributed by atoms with Gasteiger partial charge < -0.3 is 4.74 Å². The molecule has 0 aliphatic carbocycles. The standard InChI is InChI=1S/C17H27FO2S/c1-16(2,3)21(18,17(4,5)6)13-15(19)20-12-14-10-8-7-9-11-14/h7-11H,12-13H2,1-6H3. The van der Waals surface area contributed by atoms with Gasteiger partial charge in [0.1, 0.15) is 12.4 Å². The van der Waals surface area contributed by atoms with Gasteiger partial charge in [0.05, 0.1) is 0 Å². The molecule has 2 nitrogen and oxygen atoms in total. The number of rotatable bonds is 4. The van der Waals surface area contributed by atoms with Crippen LogP contribution in [0, 0.1) is 0 Å². The van der Waals surface area contributed by atoms with Gasteiger partial charge in [-0.3, -0.25) is 4.79 Å². The van der Waals surface area contributed by atoms with Crippen molar-refractivity contribution in [1.29, 1.82) is 0 Å². The van der Waals surface area contributed by atoms with E-state index in [0.717, 1.165) is 5.56 Å². The summed E-state index contributed by atoms with van der Waals surface area (Å²) >= 11 is 0. The molecule has 0 atom stereocenters. The summed E-state index contributed by atoms with van der Waals surface area (Å²) in [4.78, 5) is 12.1. The summed E-state index contributed by atoms with van der Waals surface area (Å²) in [6.45, 7) is 11.4. The Morgan fingerprint density at radius 2 is 1.52 bits per heavy atom. The minimum atomic E-state index is -2.65. The number of hydrogen-bond acceptors (Lipinski definition) is 2. The van der Waals surface area contributed by atoms with Crippen molar-refractivity contribution < 1.29 is 13.4 Å². The molecular formula is C17H27FO2S. The van der Waals surface area contributed by atoms with Crippen LogP contribution in [0.2, 0.25) is 0 Å². The van der Waals surface area contributed by atoms with Crippen LogP contribution < -0.4 is 0 Å². The molecule has 0 saturated heterocycles. The summed E-state index contributed by atoms with van der Waals surface area (Å²) in [6, 6.07) is 9.45. The van der Waals surface area contributed by atoms with E-state index in [0.29, 0.717) is 0 Å². The number of benzene rings is 1. The summed E-state index contributed by atoms with van der Waals surface area (Å²) in [7, 11) is -2.65. The average molecular weight is 314 g/mol. The van der Waals surface area contributed by atoms with Gasteiger partial charge in [0.2, 0.25) is 0 Å². The lowest BCUT2D eigenvalue weighted by molar-refractivity contribution is -0.141. The highest BCUT2D eigenvalue weighted by molar-refractivity contribution is 8.32. The van der Waals surface area contributed by atoms with Crippen LogP contribution in [0.25, 0.3) is 0 Å². The molecule has 0 heterocycles. The van der Waals surface area contributed by atoms with Gasteiger partial charge in [0.15, 0.2) is 0 Å². The Kier molecular flexibility index (Phi) is 5.48. The van der Waals surface area contributed by atoms with Gasteiger partial charge in [-0.2, -0.15) is 3.89 Å². The summed E-state index contributed by atoms with van der Waals surface area (Å²) < 4.78 is 19.7. The fraction of sp³-hybridized carbons (Fsp3) is 0.588. The Bertz CT molecular complexity index is 458. The Morgan fingerprint density at radius 3 is 1.95 bits per heavy atom. The van der Waals surface area contributed by atoms with E-state index >= 15 is 3.89 Å². The fourth-order valence-corrected chi connectivity index (χ4v) is 5.40. The third-order valence-corrected chi connectivity index (χ3v) is 8.02. The highest BCUT2D eigenvalue weighted by Crippen LogP contribution is 2.68. The van der Waals surface area contributed by atoms with E-state index in [4.69, 9.17) is 4.74 Å². The first kappa shape index (κ1) is 18.0. The molecule has 120 valence electrons. The Balaban J connectivity index is 2.75. The lowest BCUT2D eigenvalue weighted by Gasteiger charge is -2.51. The predicted octanol–water partition coefficient (Wildman–Crippen LogP) is 5.02. The quantitative estimate of drug-likeness (QED) is 0.730. The third kappa shape index (κ3) is 4.47. The maximum absolute atomic E-state index is 15.6. The molecule has 0 unspecified atom stereocenters. The zero-order chi connectivity index (χ0) is 16.3. The van der Waals surface area contributed by atoms with Crippen LogP contribution in [0.3, 0.4) is 0 Å². The van der Waals surface area contributed by atoms with Gasteiger partial charge in [0.25, 0.3) is 0 Å². The van der Waals surface area contributed by atoms with Crippen LogP contribution in [0.5, 0.6) is 0 Å². The third-order valence-electron chi connectivity index (χ3n) is 3.50. The number of halogens is 1. The normalized spacial score (nSPS) is 13.9. The van der Waals surface area contributed by atoms with Crippen LogP contribution in [0.15, 0.2) is 30.3 Å². The maximum Gasteiger partial charge on any atom is 0.317 e. The van der Waals surface area contributed by atoms with Crippen molar-refractivity contribution in [3.8, 4) is 0 Å². The molecule has 0 fully saturated rings. The summed E-state index contributed by atoms with van der Waals surface area (Å²) in [5.74, 6) is -0.603. The number of hydrogen-bond donors (Lipinski definition) is 0. The highest BCUT2D eigenvalue weighted by atomic mass is 32.3. The van der Waals surface area contributed by atoms with Crippen molar-refractivity contribution >= 4 is 16.4 Å². The van der Waals surface area contributed by atoms with E-state index < -0.39 is 25.9 Å². The molecule has 0 saturated carbocycles. The first-order valence-corrected chi connectivity index (χ1v) is 8.87. The Hall–Kier alpha value is -1.03. The average Bonchev–Trinajstić information content (AvgIpc) is 2.35. The maximum atomic E-state index is 15.6. The Morgan fingerprint density at radius 1 is 1.05 bits per heavy atom. The van der Waals surface area contributed by atoms with Crippen molar-refractivity contribution in [2.45, 2.75) is 57.6 Å². The highest BCUT2D eigenvalue weighted by Gasteiger charge is 2.48. The smallest absolute Gasteiger partial charge is 0.317 e. The molecule has 21 heavy (non-hydrogen) atoms. The summed E-state index contributed by atoms with van der Waals surface area (Å²) in [5.41, 5.74) is 0.914. The van der Waals surface area contributed by atoms with Crippen LogP contribution in [-0.4, -0.2) is 21.2 Å².